The Bertz CT molecular complexity index is 430. The fourth-order valence-corrected chi connectivity index (χ4v) is 2.75. The molecule has 1 aromatic rings. The Labute approximate surface area is 130 Å². The molecule has 0 aliphatic rings. The highest BCUT2D eigenvalue weighted by Crippen LogP contribution is 2.27. The Kier molecular flexibility index (Phi) is 6.80. The van der Waals surface area contributed by atoms with Crippen LogP contribution in [0, 0.1) is 5.92 Å². The van der Waals surface area contributed by atoms with Crippen molar-refractivity contribution < 1.29 is 0 Å². The van der Waals surface area contributed by atoms with Crippen LogP contribution in [-0.2, 0) is 0 Å². The third-order valence-electron chi connectivity index (χ3n) is 3.58. The smallest absolute Gasteiger partial charge is 0.106 e. The molecule has 0 saturated heterocycles. The molecule has 0 fully saturated rings. The molecule has 1 rings (SSSR count). The number of rotatable bonds is 7. The van der Waals surface area contributed by atoms with Gasteiger partial charge in [-0.15, -0.1) is 0 Å². The van der Waals surface area contributed by atoms with Crippen molar-refractivity contribution in [3.63, 3.8) is 0 Å². The highest BCUT2D eigenvalue weighted by Gasteiger charge is 2.15. The number of nitrogens with zero attached hydrogens (tertiary/aromatic N) is 1. The van der Waals surface area contributed by atoms with E-state index in [2.05, 4.69) is 47.7 Å². The summed E-state index contributed by atoms with van der Waals surface area (Å²) in [5, 5.41) is 0. The topological polar surface area (TPSA) is 29.3 Å². The molecule has 1 aromatic carbocycles. The monoisotopic (exact) mass is 342 g/mol. The largest absolute Gasteiger partial charge is 0.389 e. The van der Waals surface area contributed by atoms with Crippen LogP contribution in [0.25, 0.3) is 0 Å². The van der Waals surface area contributed by atoms with Gasteiger partial charge in [0.25, 0.3) is 0 Å². The van der Waals surface area contributed by atoms with Crippen molar-refractivity contribution in [2.75, 3.05) is 18.0 Å². The first-order valence-electron chi connectivity index (χ1n) is 6.87. The van der Waals surface area contributed by atoms with Crippen LogP contribution in [0.1, 0.15) is 39.2 Å². The molecule has 0 aliphatic carbocycles. The zero-order valence-corrected chi connectivity index (χ0v) is 14.4. The lowest BCUT2D eigenvalue weighted by Gasteiger charge is -2.29. The van der Waals surface area contributed by atoms with Crippen LogP contribution in [0.4, 0.5) is 5.69 Å². The molecule has 0 aliphatic heterocycles. The Morgan fingerprint density at radius 3 is 2.42 bits per heavy atom. The summed E-state index contributed by atoms with van der Waals surface area (Å²) >= 11 is 8.70. The predicted molar refractivity (Wildman–Crippen MR) is 92.0 cm³/mol. The Morgan fingerprint density at radius 2 is 1.95 bits per heavy atom. The summed E-state index contributed by atoms with van der Waals surface area (Å²) in [5.74, 6) is 0.707. The molecule has 0 amide bonds. The molecule has 2 nitrogen and oxygen atoms in total. The van der Waals surface area contributed by atoms with E-state index in [0.29, 0.717) is 10.9 Å². The molecule has 0 bridgehead atoms. The number of thiocarbonyl (C=S) groups is 1. The van der Waals surface area contributed by atoms with E-state index in [9.17, 15) is 0 Å². The van der Waals surface area contributed by atoms with Gasteiger partial charge in [0, 0.05) is 28.8 Å². The van der Waals surface area contributed by atoms with E-state index >= 15 is 0 Å². The maximum atomic E-state index is 5.84. The summed E-state index contributed by atoms with van der Waals surface area (Å²) in [7, 11) is 0. The van der Waals surface area contributed by atoms with Crippen molar-refractivity contribution in [1.29, 1.82) is 0 Å². The Hall–Kier alpha value is -0.610. The molecule has 0 radical (unpaired) electrons. The minimum atomic E-state index is 0.463. The van der Waals surface area contributed by atoms with Crippen LogP contribution in [0.2, 0.25) is 0 Å². The number of halogens is 1. The second-order valence-electron chi connectivity index (χ2n) is 4.75. The third-order valence-corrected chi connectivity index (χ3v) is 4.29. The average molecular weight is 343 g/mol. The highest BCUT2D eigenvalue weighted by molar-refractivity contribution is 9.10. The SMILES string of the molecule is CCC(CC)CN(CC)c1cc(Br)ccc1C(N)=S. The number of nitrogens with two attached hydrogens (primary N) is 1. The van der Waals surface area contributed by atoms with Crippen molar-refractivity contribution in [3.05, 3.63) is 28.2 Å². The van der Waals surface area contributed by atoms with E-state index in [0.717, 1.165) is 28.8 Å². The lowest BCUT2D eigenvalue weighted by Crippen LogP contribution is -2.31. The summed E-state index contributed by atoms with van der Waals surface area (Å²) in [6.45, 7) is 8.68. The van der Waals surface area contributed by atoms with Crippen LogP contribution in [0.3, 0.4) is 0 Å². The van der Waals surface area contributed by atoms with Gasteiger partial charge in [-0.05, 0) is 31.0 Å². The predicted octanol–water partition coefficient (Wildman–Crippen LogP) is 4.35. The van der Waals surface area contributed by atoms with Gasteiger partial charge in [-0.25, -0.2) is 0 Å². The number of hydrogen-bond donors (Lipinski definition) is 1. The number of hydrogen-bond acceptors (Lipinski definition) is 2. The molecule has 19 heavy (non-hydrogen) atoms. The lowest BCUT2D eigenvalue weighted by atomic mass is 10.0. The first-order chi connectivity index (χ1) is 9.03. The summed E-state index contributed by atoms with van der Waals surface area (Å²) in [6.07, 6.45) is 2.40. The van der Waals surface area contributed by atoms with Crippen molar-refractivity contribution in [3.8, 4) is 0 Å². The van der Waals surface area contributed by atoms with Gasteiger partial charge in [-0.3, -0.25) is 0 Å². The fourth-order valence-electron chi connectivity index (χ4n) is 2.23. The standard InChI is InChI=1S/C15H23BrN2S/c1-4-11(5-2)10-18(6-3)14-9-12(16)7-8-13(14)15(17)19/h7-9,11H,4-6,10H2,1-3H3,(H2,17,19). The van der Waals surface area contributed by atoms with Gasteiger partial charge < -0.3 is 10.6 Å². The van der Waals surface area contributed by atoms with E-state index in [4.69, 9.17) is 18.0 Å². The molecule has 0 heterocycles. The molecule has 0 aromatic heterocycles. The molecule has 4 heteroatoms. The lowest BCUT2D eigenvalue weighted by molar-refractivity contribution is 0.486. The fraction of sp³-hybridized carbons (Fsp3) is 0.533. The van der Waals surface area contributed by atoms with Gasteiger partial charge in [0.05, 0.1) is 0 Å². The van der Waals surface area contributed by atoms with E-state index in [1.165, 1.54) is 12.8 Å². The zero-order chi connectivity index (χ0) is 14.4. The third kappa shape index (κ3) is 4.46. The Balaban J connectivity index is 3.09. The average Bonchev–Trinajstić information content (AvgIpc) is 2.40. The molecular weight excluding hydrogens is 320 g/mol. The quantitative estimate of drug-likeness (QED) is 0.747. The molecular formula is C15H23BrN2S. The van der Waals surface area contributed by atoms with Crippen LogP contribution in [0.15, 0.2) is 22.7 Å². The molecule has 0 unspecified atom stereocenters. The van der Waals surface area contributed by atoms with E-state index < -0.39 is 0 Å². The minimum Gasteiger partial charge on any atom is -0.389 e. The van der Waals surface area contributed by atoms with E-state index in [1.54, 1.807) is 0 Å². The zero-order valence-electron chi connectivity index (χ0n) is 11.9. The minimum absolute atomic E-state index is 0.463. The summed E-state index contributed by atoms with van der Waals surface area (Å²) in [6, 6.07) is 6.10. The summed E-state index contributed by atoms with van der Waals surface area (Å²) in [4.78, 5) is 2.84. The second-order valence-corrected chi connectivity index (χ2v) is 6.10. The normalized spacial score (nSPS) is 10.8. The first kappa shape index (κ1) is 16.4. The van der Waals surface area contributed by atoms with Gasteiger partial charge in [0.2, 0.25) is 0 Å². The van der Waals surface area contributed by atoms with Crippen LogP contribution < -0.4 is 10.6 Å². The summed E-state index contributed by atoms with van der Waals surface area (Å²) < 4.78 is 1.06. The van der Waals surface area contributed by atoms with Crippen molar-refractivity contribution in [2.24, 2.45) is 11.7 Å². The number of anilines is 1. The maximum Gasteiger partial charge on any atom is 0.106 e. The summed E-state index contributed by atoms with van der Waals surface area (Å²) in [5.41, 5.74) is 7.94. The van der Waals surface area contributed by atoms with Crippen molar-refractivity contribution in [1.82, 2.24) is 0 Å². The maximum absolute atomic E-state index is 5.84. The van der Waals surface area contributed by atoms with Crippen molar-refractivity contribution in [2.45, 2.75) is 33.6 Å². The van der Waals surface area contributed by atoms with Gasteiger partial charge in [-0.1, -0.05) is 54.8 Å². The van der Waals surface area contributed by atoms with Gasteiger partial charge >= 0.3 is 0 Å². The van der Waals surface area contributed by atoms with Crippen molar-refractivity contribution >= 4 is 38.8 Å². The van der Waals surface area contributed by atoms with Gasteiger partial charge in [-0.2, -0.15) is 0 Å². The molecule has 0 atom stereocenters. The molecule has 0 spiro atoms. The number of benzene rings is 1. The van der Waals surface area contributed by atoms with E-state index in [-0.39, 0.29) is 0 Å². The van der Waals surface area contributed by atoms with Gasteiger partial charge in [0.1, 0.15) is 4.99 Å². The molecule has 0 saturated carbocycles. The first-order valence-corrected chi connectivity index (χ1v) is 8.07. The van der Waals surface area contributed by atoms with E-state index in [1.807, 2.05) is 12.1 Å². The highest BCUT2D eigenvalue weighted by atomic mass is 79.9. The van der Waals surface area contributed by atoms with Crippen LogP contribution >= 0.6 is 28.1 Å². The molecule has 106 valence electrons. The van der Waals surface area contributed by atoms with Gasteiger partial charge in [0.15, 0.2) is 0 Å². The Morgan fingerprint density at radius 1 is 1.32 bits per heavy atom. The molecule has 2 N–H and O–H groups in total. The van der Waals surface area contributed by atoms with Crippen LogP contribution in [-0.4, -0.2) is 18.1 Å². The second kappa shape index (κ2) is 7.85. The van der Waals surface area contributed by atoms with Crippen LogP contribution in [0.5, 0.6) is 0 Å².